The van der Waals surface area contributed by atoms with Crippen LogP contribution in [0.15, 0.2) is 0 Å². The molecule has 1 N–H and O–H groups in total. The lowest BCUT2D eigenvalue weighted by Crippen LogP contribution is -2.56. The molecule has 3 fully saturated rings. The molecular formula is C15H23BrN2O2. The molecule has 112 valence electrons. The predicted octanol–water partition coefficient (Wildman–Crippen LogP) is 1.58. The van der Waals surface area contributed by atoms with E-state index >= 15 is 0 Å². The van der Waals surface area contributed by atoms with Crippen molar-refractivity contribution in [3.05, 3.63) is 0 Å². The number of amides is 1. The molecule has 0 spiro atoms. The number of piperazine rings is 1. The third-order valence-electron chi connectivity index (χ3n) is 6.51. The minimum absolute atomic E-state index is 0.181. The highest BCUT2D eigenvalue weighted by Gasteiger charge is 2.77. The molecule has 2 aliphatic carbocycles. The first-order valence-corrected chi connectivity index (χ1v) is 8.39. The highest BCUT2D eigenvalue weighted by molar-refractivity contribution is 9.10. The smallest absolute Gasteiger partial charge is 0.231 e. The summed E-state index contributed by atoms with van der Waals surface area (Å²) in [6.07, 6.45) is 1.65. The van der Waals surface area contributed by atoms with Crippen molar-refractivity contribution in [3.63, 3.8) is 0 Å². The third kappa shape index (κ3) is 1.41. The summed E-state index contributed by atoms with van der Waals surface area (Å²) in [4.78, 5) is 27.5. The van der Waals surface area contributed by atoms with Crippen molar-refractivity contribution in [1.82, 2.24) is 10.2 Å². The lowest BCUT2D eigenvalue weighted by atomic mass is 9.64. The highest BCUT2D eigenvalue weighted by atomic mass is 79.9. The van der Waals surface area contributed by atoms with Gasteiger partial charge in [0.2, 0.25) is 5.91 Å². The lowest BCUT2D eigenvalue weighted by Gasteiger charge is -2.43. The number of alkyl halides is 1. The van der Waals surface area contributed by atoms with Crippen LogP contribution < -0.4 is 5.32 Å². The fourth-order valence-electron chi connectivity index (χ4n) is 4.58. The van der Waals surface area contributed by atoms with E-state index in [9.17, 15) is 9.59 Å². The maximum absolute atomic E-state index is 13.2. The molecule has 1 aliphatic heterocycles. The van der Waals surface area contributed by atoms with Crippen LogP contribution in [0.3, 0.4) is 0 Å². The number of halogens is 1. The number of hydrogen-bond donors (Lipinski definition) is 1. The molecule has 1 saturated heterocycles. The van der Waals surface area contributed by atoms with Gasteiger partial charge in [-0.3, -0.25) is 9.59 Å². The molecule has 5 heteroatoms. The number of nitrogens with one attached hydrogen (secondary N) is 1. The first-order chi connectivity index (χ1) is 9.29. The van der Waals surface area contributed by atoms with E-state index < -0.39 is 5.41 Å². The zero-order chi connectivity index (χ0) is 14.8. The fourth-order valence-corrected chi connectivity index (χ4v) is 6.08. The summed E-state index contributed by atoms with van der Waals surface area (Å²) in [6, 6.07) is 0. The molecule has 0 aromatic carbocycles. The topological polar surface area (TPSA) is 49.4 Å². The second-order valence-corrected chi connectivity index (χ2v) is 8.11. The molecule has 3 atom stereocenters. The summed E-state index contributed by atoms with van der Waals surface area (Å²) in [7, 11) is 0. The van der Waals surface area contributed by atoms with Crippen molar-refractivity contribution in [1.29, 1.82) is 0 Å². The van der Waals surface area contributed by atoms with Gasteiger partial charge in [-0.1, -0.05) is 36.7 Å². The Bertz CT molecular complexity index is 472. The summed E-state index contributed by atoms with van der Waals surface area (Å²) in [5.74, 6) is 0.401. The molecule has 1 amide bonds. The predicted molar refractivity (Wildman–Crippen MR) is 80.7 cm³/mol. The summed E-state index contributed by atoms with van der Waals surface area (Å²) in [5.41, 5.74) is -1.21. The van der Waals surface area contributed by atoms with E-state index in [1.54, 1.807) is 0 Å². The van der Waals surface area contributed by atoms with E-state index in [4.69, 9.17) is 0 Å². The normalized spacial score (nSPS) is 43.1. The zero-order valence-corrected chi connectivity index (χ0v) is 14.0. The third-order valence-corrected chi connectivity index (χ3v) is 7.70. The second kappa shape index (κ2) is 4.29. The van der Waals surface area contributed by atoms with Crippen molar-refractivity contribution in [2.45, 2.75) is 38.4 Å². The molecule has 0 unspecified atom stereocenters. The minimum Gasteiger partial charge on any atom is -0.340 e. The Morgan fingerprint density at radius 3 is 2.35 bits per heavy atom. The molecule has 3 aliphatic rings. The van der Waals surface area contributed by atoms with Gasteiger partial charge in [0.05, 0.1) is 10.2 Å². The molecule has 4 nitrogen and oxygen atoms in total. The van der Waals surface area contributed by atoms with Gasteiger partial charge in [-0.15, -0.1) is 0 Å². The summed E-state index contributed by atoms with van der Waals surface area (Å²) in [6.45, 7) is 9.46. The van der Waals surface area contributed by atoms with E-state index in [-0.39, 0.29) is 27.3 Å². The Hall–Kier alpha value is -0.420. The van der Waals surface area contributed by atoms with Gasteiger partial charge in [0.15, 0.2) is 5.78 Å². The van der Waals surface area contributed by atoms with E-state index in [0.29, 0.717) is 0 Å². The van der Waals surface area contributed by atoms with Crippen molar-refractivity contribution in [2.75, 3.05) is 26.2 Å². The molecule has 2 bridgehead atoms. The first-order valence-electron chi connectivity index (χ1n) is 7.47. The molecule has 0 radical (unpaired) electrons. The molecule has 2 saturated carbocycles. The number of rotatable bonds is 1. The molecule has 20 heavy (non-hydrogen) atoms. The van der Waals surface area contributed by atoms with Crippen LogP contribution in [-0.4, -0.2) is 47.6 Å². The summed E-state index contributed by atoms with van der Waals surface area (Å²) >= 11 is 3.58. The number of carbonyl (C=O) groups excluding carboxylic acids is 2. The van der Waals surface area contributed by atoms with E-state index in [2.05, 4.69) is 35.1 Å². The summed E-state index contributed by atoms with van der Waals surface area (Å²) in [5, 5.41) is 3.28. The number of ketones is 1. The van der Waals surface area contributed by atoms with Crippen LogP contribution in [0.25, 0.3) is 0 Å². The minimum atomic E-state index is -0.559. The maximum atomic E-state index is 13.2. The number of nitrogens with zero attached hydrogens (tertiary/aromatic N) is 1. The van der Waals surface area contributed by atoms with Crippen LogP contribution in [0, 0.1) is 16.2 Å². The first kappa shape index (κ1) is 14.5. The van der Waals surface area contributed by atoms with Crippen molar-refractivity contribution < 1.29 is 9.59 Å². The average Bonchev–Trinajstić information content (AvgIpc) is 2.71. The standard InChI is InChI=1S/C15H23BrN2O2/c1-13(2)14(3)4-5-15(13,10(16)11(14)19)12(20)18-8-6-17-7-9-18/h10,17H,4-9H2,1-3H3/t10-,14+,15+/m1/s1. The molecule has 0 aromatic heterocycles. The van der Waals surface area contributed by atoms with Gasteiger partial charge >= 0.3 is 0 Å². The second-order valence-electron chi connectivity index (χ2n) is 7.20. The van der Waals surface area contributed by atoms with Gasteiger partial charge in [-0.25, -0.2) is 0 Å². The van der Waals surface area contributed by atoms with Crippen LogP contribution in [0.1, 0.15) is 33.6 Å². The Kier molecular flexibility index (Phi) is 3.11. The molecular weight excluding hydrogens is 320 g/mol. The van der Waals surface area contributed by atoms with Gasteiger partial charge in [0, 0.05) is 31.6 Å². The maximum Gasteiger partial charge on any atom is 0.231 e. The van der Waals surface area contributed by atoms with Crippen molar-refractivity contribution in [3.8, 4) is 0 Å². The van der Waals surface area contributed by atoms with Crippen molar-refractivity contribution in [2.24, 2.45) is 16.2 Å². The van der Waals surface area contributed by atoms with Crippen LogP contribution in [0.4, 0.5) is 0 Å². The molecule has 3 rings (SSSR count). The van der Waals surface area contributed by atoms with Crippen LogP contribution in [0.5, 0.6) is 0 Å². The van der Waals surface area contributed by atoms with E-state index in [1.807, 2.05) is 11.8 Å². The van der Waals surface area contributed by atoms with Crippen LogP contribution in [0.2, 0.25) is 0 Å². The zero-order valence-electron chi connectivity index (χ0n) is 12.5. The van der Waals surface area contributed by atoms with E-state index in [0.717, 1.165) is 39.0 Å². The van der Waals surface area contributed by atoms with Crippen molar-refractivity contribution >= 4 is 27.6 Å². The Labute approximate surface area is 128 Å². The SMILES string of the molecule is CC1(C)[C@@]2(C)CC[C@@]1(C(=O)N1CCNCC1)[C@H](Br)C2=O. The van der Waals surface area contributed by atoms with Gasteiger partial charge in [-0.2, -0.15) is 0 Å². The molecule has 1 heterocycles. The van der Waals surface area contributed by atoms with Gasteiger partial charge < -0.3 is 10.2 Å². The molecule has 0 aromatic rings. The van der Waals surface area contributed by atoms with Gasteiger partial charge in [0.1, 0.15) is 0 Å². The summed E-state index contributed by atoms with van der Waals surface area (Å²) < 4.78 is 0. The van der Waals surface area contributed by atoms with Gasteiger partial charge in [-0.05, 0) is 18.3 Å². The van der Waals surface area contributed by atoms with E-state index in [1.165, 1.54) is 0 Å². The largest absolute Gasteiger partial charge is 0.340 e. The number of fused-ring (bicyclic) bond motifs is 2. The monoisotopic (exact) mass is 342 g/mol. The van der Waals surface area contributed by atoms with Crippen LogP contribution in [-0.2, 0) is 9.59 Å². The van der Waals surface area contributed by atoms with Gasteiger partial charge in [0.25, 0.3) is 0 Å². The highest BCUT2D eigenvalue weighted by Crippen LogP contribution is 2.72. The van der Waals surface area contributed by atoms with Crippen LogP contribution >= 0.6 is 15.9 Å². The Morgan fingerprint density at radius 1 is 1.25 bits per heavy atom. The Morgan fingerprint density at radius 2 is 1.85 bits per heavy atom. The number of hydrogen-bond acceptors (Lipinski definition) is 3. The Balaban J connectivity index is 2.02. The number of carbonyl (C=O) groups is 2. The number of Topliss-reactive ketones (excluding diaryl/α,β-unsaturated/α-hetero) is 1. The quantitative estimate of drug-likeness (QED) is 0.736. The average molecular weight is 343 g/mol. The fraction of sp³-hybridized carbons (Fsp3) is 0.867. The lowest BCUT2D eigenvalue weighted by molar-refractivity contribution is -0.147.